The number of nitrogens with zero attached hydrogens (tertiary/aromatic N) is 3. The van der Waals surface area contributed by atoms with Gasteiger partial charge in [0.15, 0.2) is 10.9 Å². The number of benzene rings is 2. The topological polar surface area (TPSA) is 105 Å². The van der Waals surface area contributed by atoms with Gasteiger partial charge in [0.2, 0.25) is 5.75 Å². The van der Waals surface area contributed by atoms with Crippen molar-refractivity contribution in [3.05, 3.63) is 62.5 Å². The highest BCUT2D eigenvalue weighted by Crippen LogP contribution is 2.40. The number of aryl methyl sites for hydroxylation is 1. The van der Waals surface area contributed by atoms with E-state index in [9.17, 15) is 20.0 Å². The summed E-state index contributed by atoms with van der Waals surface area (Å²) in [6, 6.07) is 10.3. The molecule has 0 bridgehead atoms. The first-order valence-corrected chi connectivity index (χ1v) is 10.4. The van der Waals surface area contributed by atoms with Gasteiger partial charge in [-0.15, -0.1) is 0 Å². The van der Waals surface area contributed by atoms with Crippen molar-refractivity contribution in [3.63, 3.8) is 0 Å². The van der Waals surface area contributed by atoms with Crippen molar-refractivity contribution in [2.75, 3.05) is 13.7 Å². The van der Waals surface area contributed by atoms with Gasteiger partial charge in [-0.3, -0.25) is 19.8 Å². The maximum atomic E-state index is 13.1. The molecular weight excluding hydrogens is 418 g/mol. The number of ether oxygens (including phenoxy) is 1. The van der Waals surface area contributed by atoms with E-state index < -0.39 is 16.4 Å². The van der Waals surface area contributed by atoms with Gasteiger partial charge in [-0.1, -0.05) is 31.5 Å². The fourth-order valence-electron chi connectivity index (χ4n) is 2.99. The van der Waals surface area contributed by atoms with Gasteiger partial charge in [-0.25, -0.2) is 4.99 Å². The van der Waals surface area contributed by atoms with Crippen LogP contribution in [-0.2, 0) is 4.79 Å². The molecule has 8 nitrogen and oxygen atoms in total. The van der Waals surface area contributed by atoms with Crippen molar-refractivity contribution in [3.8, 4) is 11.5 Å². The molecule has 31 heavy (non-hydrogen) atoms. The minimum absolute atomic E-state index is 0.0379. The zero-order chi connectivity index (χ0) is 22.7. The highest BCUT2D eigenvalue weighted by atomic mass is 32.2. The summed E-state index contributed by atoms with van der Waals surface area (Å²) in [5.41, 5.74) is 1.73. The lowest BCUT2D eigenvalue weighted by Gasteiger charge is -2.17. The van der Waals surface area contributed by atoms with E-state index in [1.165, 1.54) is 31.0 Å². The molecule has 0 saturated carbocycles. The molecule has 1 fully saturated rings. The van der Waals surface area contributed by atoms with Gasteiger partial charge < -0.3 is 9.84 Å². The zero-order valence-electron chi connectivity index (χ0n) is 17.7. The first-order valence-electron chi connectivity index (χ1n) is 9.61. The first-order chi connectivity index (χ1) is 14.7. The summed E-state index contributed by atoms with van der Waals surface area (Å²) in [5, 5.41) is 21.8. The molecule has 0 atom stereocenters. The molecule has 1 saturated heterocycles. The molecule has 0 radical (unpaired) electrons. The van der Waals surface area contributed by atoms with Crippen LogP contribution >= 0.6 is 11.8 Å². The fraction of sp³-hybridized carbons (Fsp3) is 0.273. The van der Waals surface area contributed by atoms with Crippen LogP contribution in [0.3, 0.4) is 0 Å². The quantitative estimate of drug-likeness (QED) is 0.389. The number of thioether (sulfide) groups is 1. The van der Waals surface area contributed by atoms with Crippen LogP contribution in [0.4, 0.5) is 11.4 Å². The lowest BCUT2D eigenvalue weighted by atomic mass is 10.1. The number of hydrogen-bond acceptors (Lipinski definition) is 7. The summed E-state index contributed by atoms with van der Waals surface area (Å²) in [6.07, 6.45) is 1.55. The smallest absolute Gasteiger partial charge is 0.315 e. The van der Waals surface area contributed by atoms with Crippen LogP contribution in [0.25, 0.3) is 6.08 Å². The second-order valence-corrected chi connectivity index (χ2v) is 8.51. The normalized spacial score (nSPS) is 16.5. The molecule has 9 heteroatoms. The van der Waals surface area contributed by atoms with Crippen LogP contribution in [0.5, 0.6) is 11.5 Å². The first kappa shape index (κ1) is 22.4. The van der Waals surface area contributed by atoms with Crippen LogP contribution in [0.1, 0.15) is 25.0 Å². The van der Waals surface area contributed by atoms with Gasteiger partial charge in [-0.2, -0.15) is 0 Å². The Morgan fingerprint density at radius 2 is 1.97 bits per heavy atom. The number of amidine groups is 1. The molecule has 1 heterocycles. The number of amides is 1. The van der Waals surface area contributed by atoms with Crippen LogP contribution in [0, 0.1) is 23.0 Å². The third kappa shape index (κ3) is 5.05. The Morgan fingerprint density at radius 3 is 2.55 bits per heavy atom. The van der Waals surface area contributed by atoms with Crippen molar-refractivity contribution in [1.29, 1.82) is 0 Å². The molecule has 1 aliphatic heterocycles. The monoisotopic (exact) mass is 441 g/mol. The average molecular weight is 442 g/mol. The number of rotatable bonds is 6. The molecule has 0 aliphatic carbocycles. The van der Waals surface area contributed by atoms with Crippen molar-refractivity contribution >= 4 is 40.3 Å². The summed E-state index contributed by atoms with van der Waals surface area (Å²) in [6.45, 7) is 6.50. The van der Waals surface area contributed by atoms with E-state index in [2.05, 4.69) is 4.99 Å². The minimum Gasteiger partial charge on any atom is -0.500 e. The Kier molecular flexibility index (Phi) is 6.65. The van der Waals surface area contributed by atoms with Crippen LogP contribution in [0.15, 0.2) is 46.3 Å². The molecule has 0 spiro atoms. The Labute approximate surface area is 184 Å². The second-order valence-electron chi connectivity index (χ2n) is 7.50. The Hall–Kier alpha value is -3.33. The number of nitro groups is 1. The minimum atomic E-state index is -0.696. The Balaban J connectivity index is 2.03. The molecule has 162 valence electrons. The van der Waals surface area contributed by atoms with Gasteiger partial charge in [0.1, 0.15) is 0 Å². The van der Waals surface area contributed by atoms with Crippen LogP contribution < -0.4 is 4.74 Å². The van der Waals surface area contributed by atoms with E-state index in [-0.39, 0.29) is 17.6 Å². The van der Waals surface area contributed by atoms with E-state index >= 15 is 0 Å². The highest BCUT2D eigenvalue weighted by Gasteiger charge is 2.34. The predicted octanol–water partition coefficient (Wildman–Crippen LogP) is 4.88. The molecule has 1 aliphatic rings. The zero-order valence-corrected chi connectivity index (χ0v) is 18.5. The number of carbonyl (C=O) groups is 1. The summed E-state index contributed by atoms with van der Waals surface area (Å²) in [4.78, 5) is 30.3. The van der Waals surface area contributed by atoms with E-state index in [0.29, 0.717) is 22.2 Å². The number of aliphatic imine (C=N–C) groups is 1. The van der Waals surface area contributed by atoms with E-state index in [1.54, 1.807) is 11.0 Å². The number of hydrogen-bond donors (Lipinski definition) is 1. The summed E-state index contributed by atoms with van der Waals surface area (Å²) >= 11 is 1.21. The fourth-order valence-corrected chi connectivity index (χ4v) is 4.00. The van der Waals surface area contributed by atoms with Gasteiger partial charge in [-0.05, 0) is 54.4 Å². The standard InChI is InChI=1S/C22H23N3O5S/c1-13(2)12-24-21(27)19(31-22(24)23-16-7-5-14(3)6-8-16)11-15-9-17(25(28)29)20(26)18(10-15)30-4/h5-11,13,26H,12H2,1-4H3/b19-11+,23-22?. The predicted molar refractivity (Wildman–Crippen MR) is 122 cm³/mol. The largest absolute Gasteiger partial charge is 0.500 e. The van der Waals surface area contributed by atoms with E-state index in [4.69, 9.17) is 4.74 Å². The SMILES string of the molecule is COc1cc(/C=C2/SC(=Nc3ccc(C)cc3)N(CC(C)C)C2=O)cc([N+](=O)[O-])c1O. The molecule has 1 amide bonds. The van der Waals surface area contributed by atoms with Gasteiger partial charge >= 0.3 is 5.69 Å². The van der Waals surface area contributed by atoms with Gasteiger partial charge in [0, 0.05) is 12.6 Å². The van der Waals surface area contributed by atoms with Gasteiger partial charge in [0.25, 0.3) is 5.91 Å². The molecule has 2 aromatic carbocycles. The molecule has 1 N–H and O–H groups in total. The van der Waals surface area contributed by atoms with Gasteiger partial charge in [0.05, 0.1) is 22.6 Å². The van der Waals surface area contributed by atoms with E-state index in [0.717, 1.165) is 11.3 Å². The van der Waals surface area contributed by atoms with Crippen molar-refractivity contribution in [2.45, 2.75) is 20.8 Å². The number of aromatic hydroxyl groups is 1. The van der Waals surface area contributed by atoms with Crippen molar-refractivity contribution in [1.82, 2.24) is 4.90 Å². The number of phenols is 1. The van der Waals surface area contributed by atoms with Crippen LogP contribution in [-0.4, -0.2) is 39.7 Å². The number of carbonyl (C=O) groups excluding carboxylic acids is 1. The van der Waals surface area contributed by atoms with Crippen molar-refractivity contribution in [2.24, 2.45) is 10.9 Å². The number of phenolic OH excluding ortho intramolecular Hbond substituents is 1. The highest BCUT2D eigenvalue weighted by molar-refractivity contribution is 8.18. The number of methoxy groups -OCH3 is 1. The maximum absolute atomic E-state index is 13.1. The molecule has 3 rings (SSSR count). The lowest BCUT2D eigenvalue weighted by Crippen LogP contribution is -2.32. The lowest BCUT2D eigenvalue weighted by molar-refractivity contribution is -0.386. The second kappa shape index (κ2) is 9.22. The van der Waals surface area contributed by atoms with E-state index in [1.807, 2.05) is 45.0 Å². The molecule has 2 aromatic rings. The average Bonchev–Trinajstić information content (AvgIpc) is 2.99. The summed E-state index contributed by atoms with van der Waals surface area (Å²) < 4.78 is 5.04. The number of nitro benzene ring substituents is 1. The molecular formula is C22H23N3O5S. The Bertz CT molecular complexity index is 1080. The third-order valence-corrected chi connectivity index (χ3v) is 5.49. The molecule has 0 unspecified atom stereocenters. The summed E-state index contributed by atoms with van der Waals surface area (Å²) in [7, 11) is 1.31. The summed E-state index contributed by atoms with van der Waals surface area (Å²) in [5.74, 6) is -0.589. The Morgan fingerprint density at radius 1 is 1.29 bits per heavy atom. The maximum Gasteiger partial charge on any atom is 0.315 e. The molecule has 0 aromatic heterocycles. The van der Waals surface area contributed by atoms with Crippen molar-refractivity contribution < 1.29 is 19.6 Å². The third-order valence-electron chi connectivity index (χ3n) is 4.49. The van der Waals surface area contributed by atoms with Crippen LogP contribution in [0.2, 0.25) is 0 Å².